The highest BCUT2D eigenvalue weighted by Crippen LogP contribution is 2.31. The summed E-state index contributed by atoms with van der Waals surface area (Å²) in [5.74, 6) is 1.44. The molecule has 0 bridgehead atoms. The van der Waals surface area contributed by atoms with E-state index in [0.717, 1.165) is 20.7 Å². The van der Waals surface area contributed by atoms with Gasteiger partial charge in [0.2, 0.25) is 16.9 Å². The van der Waals surface area contributed by atoms with Crippen molar-refractivity contribution < 1.29 is 4.42 Å². The maximum Gasteiger partial charge on any atom is 0.249 e. The zero-order chi connectivity index (χ0) is 18.6. The Morgan fingerprint density at radius 2 is 1.96 bits per heavy atom. The standard InChI is InChI=1S/C18H14ClN5OS2/c1-11-5-4-6-12(9-11)20-17-23-24-18(27-17)26-10-15-21-22-16(25-15)13-7-2-3-8-14(13)19/h2-9H,10H2,1H3,(H,20,23). The van der Waals surface area contributed by atoms with Crippen molar-refractivity contribution in [3.63, 3.8) is 0 Å². The number of hydrogen-bond acceptors (Lipinski definition) is 8. The monoisotopic (exact) mass is 415 g/mol. The van der Waals surface area contributed by atoms with Crippen LogP contribution in [0.25, 0.3) is 11.5 Å². The summed E-state index contributed by atoms with van der Waals surface area (Å²) in [6.45, 7) is 2.05. The molecule has 0 radical (unpaired) electrons. The quantitative estimate of drug-likeness (QED) is 0.411. The van der Waals surface area contributed by atoms with Crippen molar-refractivity contribution in [1.29, 1.82) is 0 Å². The Morgan fingerprint density at radius 3 is 2.81 bits per heavy atom. The van der Waals surface area contributed by atoms with Crippen LogP contribution in [0.1, 0.15) is 11.5 Å². The molecule has 4 rings (SSSR count). The molecule has 0 saturated heterocycles. The molecule has 0 spiro atoms. The van der Waals surface area contributed by atoms with Crippen LogP contribution in [0.15, 0.2) is 57.3 Å². The van der Waals surface area contributed by atoms with Crippen molar-refractivity contribution in [2.24, 2.45) is 0 Å². The van der Waals surface area contributed by atoms with E-state index < -0.39 is 0 Å². The van der Waals surface area contributed by atoms with Gasteiger partial charge in [-0.1, -0.05) is 59.0 Å². The number of benzene rings is 2. The predicted molar refractivity (Wildman–Crippen MR) is 109 cm³/mol. The summed E-state index contributed by atoms with van der Waals surface area (Å²) >= 11 is 9.14. The van der Waals surface area contributed by atoms with Crippen LogP contribution in [0.5, 0.6) is 0 Å². The molecule has 0 fully saturated rings. The maximum absolute atomic E-state index is 6.16. The van der Waals surface area contributed by atoms with E-state index in [9.17, 15) is 0 Å². The lowest BCUT2D eigenvalue weighted by atomic mass is 10.2. The second-order valence-electron chi connectivity index (χ2n) is 5.64. The van der Waals surface area contributed by atoms with Crippen LogP contribution in [0.2, 0.25) is 5.02 Å². The molecule has 0 aliphatic heterocycles. The molecule has 1 N–H and O–H groups in total. The van der Waals surface area contributed by atoms with Gasteiger partial charge < -0.3 is 9.73 Å². The van der Waals surface area contributed by atoms with Crippen LogP contribution in [-0.2, 0) is 5.75 Å². The Hall–Kier alpha value is -2.42. The molecule has 27 heavy (non-hydrogen) atoms. The zero-order valence-electron chi connectivity index (χ0n) is 14.2. The van der Waals surface area contributed by atoms with E-state index in [-0.39, 0.29) is 0 Å². The number of aromatic nitrogens is 4. The topological polar surface area (TPSA) is 76.7 Å². The van der Waals surface area contributed by atoms with Gasteiger partial charge in [-0.25, -0.2) is 0 Å². The second kappa shape index (κ2) is 8.08. The summed E-state index contributed by atoms with van der Waals surface area (Å²) in [6, 6.07) is 15.5. The molecule has 0 saturated carbocycles. The van der Waals surface area contributed by atoms with Gasteiger partial charge in [-0.2, -0.15) is 0 Å². The molecule has 0 atom stereocenters. The van der Waals surface area contributed by atoms with Gasteiger partial charge in [0.15, 0.2) is 4.34 Å². The fraction of sp³-hybridized carbons (Fsp3) is 0.111. The number of thioether (sulfide) groups is 1. The van der Waals surface area contributed by atoms with Crippen molar-refractivity contribution in [1.82, 2.24) is 20.4 Å². The third-order valence-corrected chi connectivity index (χ3v) is 5.85. The molecule has 2 aromatic heterocycles. The Labute approximate surface area is 169 Å². The Balaban J connectivity index is 1.38. The summed E-state index contributed by atoms with van der Waals surface area (Å²) in [7, 11) is 0. The van der Waals surface area contributed by atoms with E-state index in [2.05, 4.69) is 31.8 Å². The molecule has 0 amide bonds. The molecule has 6 nitrogen and oxygen atoms in total. The largest absolute Gasteiger partial charge is 0.420 e. The average Bonchev–Trinajstić information content (AvgIpc) is 3.30. The highest BCUT2D eigenvalue weighted by molar-refractivity contribution is 8.00. The molecular weight excluding hydrogens is 402 g/mol. The van der Waals surface area contributed by atoms with Crippen molar-refractivity contribution in [3.05, 3.63) is 65.0 Å². The molecule has 2 aromatic carbocycles. The van der Waals surface area contributed by atoms with Crippen LogP contribution in [0, 0.1) is 6.92 Å². The molecule has 9 heteroatoms. The molecule has 0 unspecified atom stereocenters. The smallest absolute Gasteiger partial charge is 0.249 e. The minimum atomic E-state index is 0.412. The molecule has 2 heterocycles. The third kappa shape index (κ3) is 4.47. The highest BCUT2D eigenvalue weighted by atomic mass is 35.5. The minimum absolute atomic E-state index is 0.412. The van der Waals surface area contributed by atoms with Crippen molar-refractivity contribution >= 4 is 45.5 Å². The van der Waals surface area contributed by atoms with Gasteiger partial charge in [0.05, 0.1) is 16.3 Å². The second-order valence-corrected chi connectivity index (χ2v) is 8.24. The Bertz CT molecular complexity index is 1070. The first-order valence-corrected chi connectivity index (χ1v) is 10.2. The van der Waals surface area contributed by atoms with Crippen molar-refractivity contribution in [2.75, 3.05) is 5.32 Å². The lowest BCUT2D eigenvalue weighted by molar-refractivity contribution is 0.528. The summed E-state index contributed by atoms with van der Waals surface area (Å²) in [6.07, 6.45) is 0. The number of halogens is 1. The van der Waals surface area contributed by atoms with E-state index in [1.54, 1.807) is 6.07 Å². The lowest BCUT2D eigenvalue weighted by Crippen LogP contribution is -1.89. The van der Waals surface area contributed by atoms with Crippen molar-refractivity contribution in [3.8, 4) is 11.5 Å². The SMILES string of the molecule is Cc1cccc(Nc2nnc(SCc3nnc(-c4ccccc4Cl)o3)s2)c1. The van der Waals surface area contributed by atoms with Crippen molar-refractivity contribution in [2.45, 2.75) is 17.0 Å². The van der Waals surface area contributed by atoms with Gasteiger partial charge in [0, 0.05) is 5.69 Å². The number of rotatable bonds is 6. The van der Waals surface area contributed by atoms with E-state index >= 15 is 0 Å². The lowest BCUT2D eigenvalue weighted by Gasteiger charge is -2.01. The highest BCUT2D eigenvalue weighted by Gasteiger charge is 2.13. The maximum atomic E-state index is 6.16. The first-order valence-electron chi connectivity index (χ1n) is 8.04. The molecular formula is C18H14ClN5OS2. The van der Waals surface area contributed by atoms with Gasteiger partial charge >= 0.3 is 0 Å². The Morgan fingerprint density at radius 1 is 1.07 bits per heavy atom. The summed E-state index contributed by atoms with van der Waals surface area (Å²) in [5.41, 5.74) is 2.90. The molecule has 0 aliphatic carbocycles. The van der Waals surface area contributed by atoms with Gasteiger partial charge in [-0.3, -0.25) is 0 Å². The third-order valence-electron chi connectivity index (χ3n) is 3.57. The Kier molecular flexibility index (Phi) is 5.38. The minimum Gasteiger partial charge on any atom is -0.420 e. The number of nitrogens with one attached hydrogen (secondary N) is 1. The summed E-state index contributed by atoms with van der Waals surface area (Å²) < 4.78 is 6.52. The van der Waals surface area contributed by atoms with E-state index in [1.807, 2.05) is 43.3 Å². The fourth-order valence-electron chi connectivity index (χ4n) is 2.34. The van der Waals surface area contributed by atoms with Crippen LogP contribution in [-0.4, -0.2) is 20.4 Å². The predicted octanol–water partition coefficient (Wildman–Crippen LogP) is 5.59. The fourth-order valence-corrected chi connectivity index (χ4v) is 4.17. The van der Waals surface area contributed by atoms with Crippen LogP contribution >= 0.6 is 34.7 Å². The molecule has 0 aliphatic rings. The number of nitrogens with zero attached hydrogens (tertiary/aromatic N) is 4. The van der Waals surface area contributed by atoms with Gasteiger partial charge in [-0.05, 0) is 36.8 Å². The van der Waals surface area contributed by atoms with Crippen LogP contribution < -0.4 is 5.32 Å². The van der Waals surface area contributed by atoms with E-state index in [4.69, 9.17) is 16.0 Å². The van der Waals surface area contributed by atoms with Crippen LogP contribution in [0.3, 0.4) is 0 Å². The molecule has 4 aromatic rings. The van der Waals surface area contributed by atoms with Gasteiger partial charge in [0.25, 0.3) is 0 Å². The van der Waals surface area contributed by atoms with Gasteiger partial charge in [0.1, 0.15) is 0 Å². The number of hydrogen-bond donors (Lipinski definition) is 1. The first-order chi connectivity index (χ1) is 13.2. The number of anilines is 2. The first kappa shape index (κ1) is 18.0. The normalized spacial score (nSPS) is 10.9. The average molecular weight is 416 g/mol. The van der Waals surface area contributed by atoms with E-state index in [1.165, 1.54) is 28.7 Å². The van der Waals surface area contributed by atoms with E-state index in [0.29, 0.717) is 22.6 Å². The number of aryl methyl sites for hydroxylation is 1. The van der Waals surface area contributed by atoms with Gasteiger partial charge in [-0.15, -0.1) is 20.4 Å². The summed E-state index contributed by atoms with van der Waals surface area (Å²) in [4.78, 5) is 0. The molecule has 136 valence electrons. The zero-order valence-corrected chi connectivity index (χ0v) is 16.6. The van der Waals surface area contributed by atoms with Crippen LogP contribution in [0.4, 0.5) is 10.8 Å². The summed E-state index contributed by atoms with van der Waals surface area (Å²) in [5, 5.41) is 21.1.